The maximum Gasteiger partial charge on any atom is 0.249 e. The molecule has 0 radical (unpaired) electrons. The fraction of sp³-hybridized carbons (Fsp3) is 0.933. The molecular weight excluding hydrogens is 325 g/mol. The number of likely N-dealkylation sites (tertiary alicyclic amines) is 1. The van der Waals surface area contributed by atoms with Crippen LogP contribution in [0.15, 0.2) is 0 Å². The Morgan fingerprint density at radius 1 is 1.27 bits per heavy atom. The zero-order valence-electron chi connectivity index (χ0n) is 13.5. The average molecular weight is 356 g/mol. The molecule has 2 rings (SSSR count). The van der Waals surface area contributed by atoms with Crippen LogP contribution >= 0.6 is 24.8 Å². The highest BCUT2D eigenvalue weighted by Gasteiger charge is 2.29. The maximum absolute atomic E-state index is 11.9. The molecule has 1 unspecified atom stereocenters. The van der Waals surface area contributed by atoms with E-state index in [1.165, 1.54) is 25.8 Å². The Balaban J connectivity index is 0.00000220. The number of hydrogen-bond acceptors (Lipinski definition) is 4. The summed E-state index contributed by atoms with van der Waals surface area (Å²) in [4.78, 5) is 14.5. The van der Waals surface area contributed by atoms with Crippen LogP contribution in [0.4, 0.5) is 0 Å². The van der Waals surface area contributed by atoms with E-state index in [1.807, 2.05) is 0 Å². The second-order valence-corrected chi connectivity index (χ2v) is 6.09. The lowest BCUT2D eigenvalue weighted by Gasteiger charge is -2.33. The largest absolute Gasteiger partial charge is 0.364 e. The Morgan fingerprint density at radius 2 is 2.05 bits per heavy atom. The maximum atomic E-state index is 11.9. The molecule has 0 aromatic rings. The smallest absolute Gasteiger partial charge is 0.249 e. The molecule has 2 saturated heterocycles. The van der Waals surface area contributed by atoms with Crippen LogP contribution in [0.2, 0.25) is 0 Å². The van der Waals surface area contributed by atoms with Crippen LogP contribution in [-0.4, -0.2) is 55.2 Å². The lowest BCUT2D eigenvalue weighted by atomic mass is 10.0. The Morgan fingerprint density at radius 3 is 2.68 bits per heavy atom. The number of hydrogen-bond donors (Lipinski definition) is 2. The van der Waals surface area contributed by atoms with Crippen molar-refractivity contribution in [2.75, 3.05) is 26.2 Å². The molecule has 132 valence electrons. The molecule has 3 N–H and O–H groups in total. The predicted molar refractivity (Wildman–Crippen MR) is 94.0 cm³/mol. The highest BCUT2D eigenvalue weighted by molar-refractivity contribution is 5.85. The van der Waals surface area contributed by atoms with Crippen molar-refractivity contribution in [1.82, 2.24) is 10.2 Å². The van der Waals surface area contributed by atoms with E-state index in [1.54, 1.807) is 0 Å². The van der Waals surface area contributed by atoms with Gasteiger partial charge in [0, 0.05) is 25.7 Å². The van der Waals surface area contributed by atoms with Crippen LogP contribution in [0.25, 0.3) is 0 Å². The van der Waals surface area contributed by atoms with Crippen LogP contribution in [0.5, 0.6) is 0 Å². The summed E-state index contributed by atoms with van der Waals surface area (Å²) < 4.78 is 5.59. The molecule has 2 fully saturated rings. The van der Waals surface area contributed by atoms with Gasteiger partial charge in [0.1, 0.15) is 6.10 Å². The van der Waals surface area contributed by atoms with Crippen molar-refractivity contribution in [3.63, 3.8) is 0 Å². The van der Waals surface area contributed by atoms with E-state index in [2.05, 4.69) is 17.1 Å². The Hall–Kier alpha value is -0.0700. The summed E-state index contributed by atoms with van der Waals surface area (Å²) in [5.74, 6) is 0.0349. The molecule has 0 saturated carbocycles. The Kier molecular flexibility index (Phi) is 11.4. The van der Waals surface area contributed by atoms with E-state index in [4.69, 9.17) is 10.5 Å². The molecule has 0 aromatic carbocycles. The number of carbonyl (C=O) groups excluding carboxylic acids is 1. The zero-order chi connectivity index (χ0) is 14.4. The fourth-order valence-corrected chi connectivity index (χ4v) is 3.17. The number of nitrogens with one attached hydrogen (secondary N) is 1. The van der Waals surface area contributed by atoms with Gasteiger partial charge < -0.3 is 20.7 Å². The summed E-state index contributed by atoms with van der Waals surface area (Å²) in [5, 5.41) is 2.99. The summed E-state index contributed by atoms with van der Waals surface area (Å²) in [7, 11) is 0. The van der Waals surface area contributed by atoms with Crippen LogP contribution in [0, 0.1) is 0 Å². The first-order chi connectivity index (χ1) is 9.70. The van der Waals surface area contributed by atoms with Gasteiger partial charge in [-0.1, -0.05) is 6.42 Å². The minimum Gasteiger partial charge on any atom is -0.364 e. The number of nitrogens with two attached hydrogens (primary N) is 1. The van der Waals surface area contributed by atoms with Gasteiger partial charge in [-0.05, 0) is 45.6 Å². The van der Waals surface area contributed by atoms with Gasteiger partial charge in [-0.2, -0.15) is 0 Å². The zero-order valence-corrected chi connectivity index (χ0v) is 15.1. The lowest BCUT2D eigenvalue weighted by molar-refractivity contribution is -0.131. The summed E-state index contributed by atoms with van der Waals surface area (Å²) in [6, 6.07) is 0.697. The molecule has 0 bridgehead atoms. The number of halogens is 2. The summed E-state index contributed by atoms with van der Waals surface area (Å²) in [6.07, 6.45) is 6.49. The van der Waals surface area contributed by atoms with Crippen molar-refractivity contribution in [2.45, 2.75) is 63.7 Å². The van der Waals surface area contributed by atoms with Gasteiger partial charge in [0.2, 0.25) is 5.91 Å². The third-order valence-electron chi connectivity index (χ3n) is 4.52. The van der Waals surface area contributed by atoms with Crippen LogP contribution in [-0.2, 0) is 9.53 Å². The van der Waals surface area contributed by atoms with E-state index in [-0.39, 0.29) is 42.9 Å². The number of carbonyl (C=O) groups is 1. The SMILES string of the molecule is CC1CCCCN1CCCNC(=O)[C@@H]1CC[C@H](CN)O1.Cl.Cl. The molecule has 5 nitrogen and oxygen atoms in total. The molecule has 2 heterocycles. The van der Waals surface area contributed by atoms with Gasteiger partial charge in [-0.3, -0.25) is 4.79 Å². The number of ether oxygens (including phenoxy) is 1. The normalized spacial score (nSPS) is 28.5. The lowest BCUT2D eigenvalue weighted by Crippen LogP contribution is -2.40. The van der Waals surface area contributed by atoms with Crippen LogP contribution in [0.1, 0.15) is 45.4 Å². The first kappa shape index (κ1) is 21.9. The van der Waals surface area contributed by atoms with E-state index in [0.29, 0.717) is 12.6 Å². The van der Waals surface area contributed by atoms with Crippen molar-refractivity contribution in [1.29, 1.82) is 0 Å². The molecule has 2 aliphatic heterocycles. The van der Waals surface area contributed by atoms with Gasteiger partial charge in [-0.25, -0.2) is 0 Å². The average Bonchev–Trinajstić information content (AvgIpc) is 2.94. The minimum absolute atomic E-state index is 0. The Labute approximate surface area is 146 Å². The van der Waals surface area contributed by atoms with Crippen molar-refractivity contribution in [3.05, 3.63) is 0 Å². The molecule has 0 aliphatic carbocycles. The molecule has 2 aliphatic rings. The summed E-state index contributed by atoms with van der Waals surface area (Å²) >= 11 is 0. The second-order valence-electron chi connectivity index (χ2n) is 6.09. The van der Waals surface area contributed by atoms with Crippen molar-refractivity contribution < 1.29 is 9.53 Å². The highest BCUT2D eigenvalue weighted by atomic mass is 35.5. The first-order valence-corrected chi connectivity index (χ1v) is 8.08. The molecular formula is C15H31Cl2N3O2. The van der Waals surface area contributed by atoms with Gasteiger partial charge in [0.05, 0.1) is 6.10 Å². The molecule has 1 amide bonds. The van der Waals surface area contributed by atoms with Gasteiger partial charge >= 0.3 is 0 Å². The monoisotopic (exact) mass is 355 g/mol. The van der Waals surface area contributed by atoms with Crippen molar-refractivity contribution >= 4 is 30.7 Å². The van der Waals surface area contributed by atoms with E-state index >= 15 is 0 Å². The number of rotatable bonds is 6. The van der Waals surface area contributed by atoms with Gasteiger partial charge in [-0.15, -0.1) is 24.8 Å². The topological polar surface area (TPSA) is 67.6 Å². The van der Waals surface area contributed by atoms with Crippen molar-refractivity contribution in [3.8, 4) is 0 Å². The molecule has 0 aromatic heterocycles. The fourth-order valence-electron chi connectivity index (χ4n) is 3.17. The quantitative estimate of drug-likeness (QED) is 0.711. The van der Waals surface area contributed by atoms with Crippen LogP contribution in [0.3, 0.4) is 0 Å². The van der Waals surface area contributed by atoms with Gasteiger partial charge in [0.25, 0.3) is 0 Å². The Bertz CT molecular complexity index is 321. The minimum atomic E-state index is -0.280. The predicted octanol–water partition coefficient (Wildman–Crippen LogP) is 1.72. The third-order valence-corrected chi connectivity index (χ3v) is 4.52. The molecule has 0 spiro atoms. The molecule has 7 heteroatoms. The second kappa shape index (κ2) is 11.5. The third kappa shape index (κ3) is 6.59. The number of piperidine rings is 1. The van der Waals surface area contributed by atoms with Crippen molar-refractivity contribution in [2.24, 2.45) is 5.73 Å². The molecule has 22 heavy (non-hydrogen) atoms. The number of amides is 1. The van der Waals surface area contributed by atoms with Crippen LogP contribution < -0.4 is 11.1 Å². The summed E-state index contributed by atoms with van der Waals surface area (Å²) in [5.41, 5.74) is 5.55. The van der Waals surface area contributed by atoms with E-state index < -0.39 is 0 Å². The first-order valence-electron chi connectivity index (χ1n) is 8.08. The van der Waals surface area contributed by atoms with Gasteiger partial charge in [0.15, 0.2) is 0 Å². The van der Waals surface area contributed by atoms with E-state index in [9.17, 15) is 4.79 Å². The standard InChI is InChI=1S/C15H29N3O2.2ClH/c1-12-5-2-3-9-18(12)10-4-8-17-15(19)14-7-6-13(11-16)20-14;;/h12-14H,2-11,16H2,1H3,(H,17,19);2*1H/t12?,13-,14+;;/m1../s1. The number of nitrogens with zero attached hydrogens (tertiary/aromatic N) is 1. The van der Waals surface area contributed by atoms with E-state index in [0.717, 1.165) is 32.4 Å². The summed E-state index contributed by atoms with van der Waals surface area (Å²) in [6.45, 7) is 5.85. The highest BCUT2D eigenvalue weighted by Crippen LogP contribution is 2.19. The molecule has 3 atom stereocenters.